The van der Waals surface area contributed by atoms with E-state index >= 15 is 0 Å². The molecule has 2 aliphatic heterocycles. The van der Waals surface area contributed by atoms with E-state index in [1.165, 1.54) is 46.2 Å². The van der Waals surface area contributed by atoms with E-state index in [-0.39, 0.29) is 30.2 Å². The second kappa shape index (κ2) is 7.86. The number of piperidine rings is 1. The molecular weight excluding hydrogens is 447 g/mol. The molecule has 0 unspecified atom stereocenters. The number of benzene rings is 1. The Morgan fingerprint density at radius 3 is 2.74 bits per heavy atom. The lowest BCUT2D eigenvalue weighted by molar-refractivity contribution is 0.329. The van der Waals surface area contributed by atoms with Crippen LogP contribution in [-0.2, 0) is 11.8 Å². The second-order valence-electron chi connectivity index (χ2n) is 7.78. The Kier molecular flexibility index (Phi) is 6.07. The van der Waals surface area contributed by atoms with Crippen LogP contribution in [0, 0.1) is 0 Å². The van der Waals surface area contributed by atoms with E-state index in [0.29, 0.717) is 5.92 Å². The second-order valence-corrected chi connectivity index (χ2v) is 8.69. The third-order valence-corrected chi connectivity index (χ3v) is 6.84. The van der Waals surface area contributed by atoms with Gasteiger partial charge < -0.3 is 10.2 Å². The number of aryl methyl sites for hydroxylation is 1. The van der Waals surface area contributed by atoms with Crippen LogP contribution in [0.25, 0.3) is 0 Å². The van der Waals surface area contributed by atoms with Crippen molar-refractivity contribution in [2.75, 3.05) is 24.5 Å². The Morgan fingerprint density at radius 2 is 1.96 bits per heavy atom. The summed E-state index contributed by atoms with van der Waals surface area (Å²) in [6, 6.07) is 6.77. The molecule has 1 fully saturated rings. The summed E-state index contributed by atoms with van der Waals surface area (Å²) in [6.45, 7) is 5.55. The minimum Gasteiger partial charge on any atom is -0.325 e. The highest BCUT2D eigenvalue weighted by molar-refractivity contribution is 9.10. The molecule has 1 saturated heterocycles. The van der Waals surface area contributed by atoms with Crippen molar-refractivity contribution in [3.63, 3.8) is 0 Å². The maximum absolute atomic E-state index is 4.77. The average Bonchev–Trinajstić information content (AvgIpc) is 3.15. The van der Waals surface area contributed by atoms with E-state index < -0.39 is 0 Å². The van der Waals surface area contributed by atoms with E-state index in [1.54, 1.807) is 6.33 Å². The lowest BCUT2D eigenvalue weighted by Gasteiger charge is -2.35. The fraction of sp³-hybridized carbons (Fsp3) is 0.500. The standard InChI is InChI=1S/C20H23BrN4.2ClH/c1-13-2-4-16-18(13)19(24-12-23-16)25-11-20(6-8-22-9-7-20)15-10-14(21)3-5-17(15)25;;/h3,5,10,12-13,22H,2,4,6-9,11H2,1H3;2*1H/t13-;;/m1../s1. The van der Waals surface area contributed by atoms with Crippen molar-refractivity contribution in [1.82, 2.24) is 15.3 Å². The van der Waals surface area contributed by atoms with E-state index in [0.717, 1.165) is 31.9 Å². The molecule has 0 radical (unpaired) electrons. The largest absolute Gasteiger partial charge is 0.325 e. The Hall–Kier alpha value is -0.880. The van der Waals surface area contributed by atoms with Gasteiger partial charge in [0, 0.05) is 33.4 Å². The Balaban J connectivity index is 0.00000105. The fourth-order valence-electron chi connectivity index (χ4n) is 5.00. The molecule has 1 aromatic carbocycles. The van der Waals surface area contributed by atoms with Crippen LogP contribution >= 0.6 is 40.7 Å². The first kappa shape index (κ1) is 20.8. The molecule has 0 bridgehead atoms. The summed E-state index contributed by atoms with van der Waals surface area (Å²) in [5, 5.41) is 3.53. The first-order chi connectivity index (χ1) is 12.2. The molecule has 1 spiro atoms. The maximum atomic E-state index is 4.77. The van der Waals surface area contributed by atoms with Crippen LogP contribution < -0.4 is 10.2 Å². The van der Waals surface area contributed by atoms with Gasteiger partial charge in [0.2, 0.25) is 0 Å². The highest BCUT2D eigenvalue weighted by Crippen LogP contribution is 2.51. The number of nitrogens with zero attached hydrogens (tertiary/aromatic N) is 3. The third kappa shape index (κ3) is 3.27. The summed E-state index contributed by atoms with van der Waals surface area (Å²) >= 11 is 3.69. The maximum Gasteiger partial charge on any atom is 0.140 e. The van der Waals surface area contributed by atoms with E-state index in [2.05, 4.69) is 56.3 Å². The van der Waals surface area contributed by atoms with Crippen LogP contribution in [0.2, 0.25) is 0 Å². The van der Waals surface area contributed by atoms with Gasteiger partial charge in [-0.3, -0.25) is 0 Å². The predicted molar refractivity (Wildman–Crippen MR) is 118 cm³/mol. The summed E-state index contributed by atoms with van der Waals surface area (Å²) in [5.74, 6) is 1.70. The molecule has 1 N–H and O–H groups in total. The smallest absolute Gasteiger partial charge is 0.140 e. The van der Waals surface area contributed by atoms with Crippen LogP contribution in [0.15, 0.2) is 29.0 Å². The third-order valence-electron chi connectivity index (χ3n) is 6.35. The van der Waals surface area contributed by atoms with Gasteiger partial charge in [0.1, 0.15) is 12.1 Å². The van der Waals surface area contributed by atoms with Gasteiger partial charge >= 0.3 is 0 Å². The summed E-state index contributed by atoms with van der Waals surface area (Å²) in [6.07, 6.45) is 6.42. The number of halogens is 3. The lowest BCUT2D eigenvalue weighted by atomic mass is 9.75. The number of aromatic nitrogens is 2. The van der Waals surface area contributed by atoms with Crippen molar-refractivity contribution in [2.45, 2.75) is 43.9 Å². The van der Waals surface area contributed by atoms with Crippen LogP contribution in [-0.4, -0.2) is 29.6 Å². The quantitative estimate of drug-likeness (QED) is 0.641. The SMILES string of the molecule is C[C@@H]1CCc2ncnc(N3CC4(CCNCC4)c4cc(Br)ccc43)c21.Cl.Cl. The Bertz CT molecular complexity index is 839. The molecular formula is C20H25BrCl2N4. The van der Waals surface area contributed by atoms with Gasteiger partial charge in [-0.15, -0.1) is 24.8 Å². The first-order valence-electron chi connectivity index (χ1n) is 9.30. The van der Waals surface area contributed by atoms with Gasteiger partial charge in [-0.05, 0) is 68.5 Å². The van der Waals surface area contributed by atoms with Crippen molar-refractivity contribution in [1.29, 1.82) is 0 Å². The predicted octanol–water partition coefficient (Wildman–Crippen LogP) is 4.91. The zero-order valence-electron chi connectivity index (χ0n) is 15.4. The summed E-state index contributed by atoms with van der Waals surface area (Å²) in [5.41, 5.74) is 5.69. The van der Waals surface area contributed by atoms with Gasteiger partial charge in [-0.2, -0.15) is 0 Å². The highest BCUT2D eigenvalue weighted by Gasteiger charge is 2.45. The molecule has 1 atom stereocenters. The monoisotopic (exact) mass is 470 g/mol. The summed E-state index contributed by atoms with van der Waals surface area (Å²) in [4.78, 5) is 11.8. The molecule has 146 valence electrons. The Labute approximate surface area is 181 Å². The minimum absolute atomic E-state index is 0. The van der Waals surface area contributed by atoms with Gasteiger partial charge in [0.25, 0.3) is 0 Å². The molecule has 27 heavy (non-hydrogen) atoms. The summed E-state index contributed by atoms with van der Waals surface area (Å²) < 4.78 is 1.17. The van der Waals surface area contributed by atoms with Crippen LogP contribution in [0.1, 0.15) is 48.9 Å². The van der Waals surface area contributed by atoms with Crippen molar-refractivity contribution in [2.24, 2.45) is 0 Å². The normalized spacial score (nSPS) is 22.0. The summed E-state index contributed by atoms with van der Waals surface area (Å²) in [7, 11) is 0. The average molecular weight is 472 g/mol. The van der Waals surface area contributed by atoms with Crippen molar-refractivity contribution < 1.29 is 0 Å². The van der Waals surface area contributed by atoms with Crippen molar-refractivity contribution in [3.05, 3.63) is 45.8 Å². The van der Waals surface area contributed by atoms with E-state index in [1.807, 2.05) is 0 Å². The molecule has 3 heterocycles. The number of fused-ring (bicyclic) bond motifs is 3. The lowest BCUT2D eigenvalue weighted by Crippen LogP contribution is -2.42. The molecule has 0 amide bonds. The van der Waals surface area contributed by atoms with Gasteiger partial charge in [-0.25, -0.2) is 9.97 Å². The van der Waals surface area contributed by atoms with Gasteiger partial charge in [0.15, 0.2) is 0 Å². The van der Waals surface area contributed by atoms with Gasteiger partial charge in [0.05, 0.1) is 0 Å². The zero-order chi connectivity index (χ0) is 17.0. The Morgan fingerprint density at radius 1 is 1.19 bits per heavy atom. The highest BCUT2D eigenvalue weighted by atomic mass is 79.9. The van der Waals surface area contributed by atoms with Gasteiger partial charge in [-0.1, -0.05) is 22.9 Å². The molecule has 3 aliphatic rings. The fourth-order valence-corrected chi connectivity index (χ4v) is 5.36. The van der Waals surface area contributed by atoms with Crippen LogP contribution in [0.3, 0.4) is 0 Å². The molecule has 5 rings (SSSR count). The molecule has 2 aromatic rings. The topological polar surface area (TPSA) is 41.1 Å². The number of hydrogen-bond donors (Lipinski definition) is 1. The number of hydrogen-bond acceptors (Lipinski definition) is 4. The minimum atomic E-state index is 0. The van der Waals surface area contributed by atoms with E-state index in [4.69, 9.17) is 4.98 Å². The van der Waals surface area contributed by atoms with Crippen molar-refractivity contribution >= 4 is 52.2 Å². The molecule has 1 aliphatic carbocycles. The van der Waals surface area contributed by atoms with Crippen LogP contribution in [0.5, 0.6) is 0 Å². The zero-order valence-corrected chi connectivity index (χ0v) is 18.6. The van der Waals surface area contributed by atoms with E-state index in [9.17, 15) is 0 Å². The first-order valence-corrected chi connectivity index (χ1v) is 10.1. The number of anilines is 2. The number of rotatable bonds is 1. The number of nitrogens with one attached hydrogen (secondary N) is 1. The van der Waals surface area contributed by atoms with Crippen LogP contribution in [0.4, 0.5) is 11.5 Å². The van der Waals surface area contributed by atoms with Crippen molar-refractivity contribution in [3.8, 4) is 0 Å². The molecule has 1 aromatic heterocycles. The molecule has 4 nitrogen and oxygen atoms in total. The molecule has 7 heteroatoms. The molecule has 0 saturated carbocycles.